The Morgan fingerprint density at radius 1 is 1.50 bits per heavy atom. The topological polar surface area (TPSA) is 53.7 Å². The zero-order valence-corrected chi connectivity index (χ0v) is 10.6. The Balaban J connectivity index is 1.84. The summed E-state index contributed by atoms with van der Waals surface area (Å²) in [6, 6.07) is 3.96. The summed E-state index contributed by atoms with van der Waals surface area (Å²) < 4.78 is 1.65. The minimum Gasteiger partial charge on any atom is -0.504 e. The Morgan fingerprint density at radius 3 is 3.17 bits per heavy atom. The summed E-state index contributed by atoms with van der Waals surface area (Å²) in [4.78, 5) is 6.90. The second-order valence-electron chi connectivity index (χ2n) is 4.82. The van der Waals surface area contributed by atoms with E-state index in [1.807, 2.05) is 6.20 Å². The van der Waals surface area contributed by atoms with E-state index in [4.69, 9.17) is 0 Å². The summed E-state index contributed by atoms with van der Waals surface area (Å²) >= 11 is 0. The molecule has 0 spiro atoms. The van der Waals surface area contributed by atoms with Crippen LogP contribution in [-0.4, -0.2) is 43.7 Å². The Morgan fingerprint density at radius 2 is 2.39 bits per heavy atom. The van der Waals surface area contributed by atoms with Gasteiger partial charge in [-0.05, 0) is 38.1 Å². The lowest BCUT2D eigenvalue weighted by Gasteiger charge is -2.21. The van der Waals surface area contributed by atoms with Gasteiger partial charge >= 0.3 is 0 Å². The molecule has 1 saturated heterocycles. The van der Waals surface area contributed by atoms with Crippen LogP contribution >= 0.6 is 0 Å². The zero-order chi connectivity index (χ0) is 12.5. The van der Waals surface area contributed by atoms with Gasteiger partial charge in [-0.15, -0.1) is 0 Å². The Bertz CT molecular complexity index is 551. The predicted octanol–water partition coefficient (Wildman–Crippen LogP) is 1.46. The van der Waals surface area contributed by atoms with Gasteiger partial charge in [-0.3, -0.25) is 0 Å². The number of nitrogens with zero attached hydrogens (tertiary/aromatic N) is 4. The molecule has 0 amide bonds. The third-order valence-corrected chi connectivity index (χ3v) is 3.71. The summed E-state index contributed by atoms with van der Waals surface area (Å²) in [5.74, 6) is 1.01. The van der Waals surface area contributed by atoms with Crippen molar-refractivity contribution in [3.63, 3.8) is 0 Å². The monoisotopic (exact) mass is 246 g/mol. The van der Waals surface area contributed by atoms with Crippen molar-refractivity contribution in [1.82, 2.24) is 19.5 Å². The van der Waals surface area contributed by atoms with Crippen LogP contribution in [0.4, 0.5) is 0 Å². The SMILES string of the molecule is CCN1CCCC1Cc1nc2c(O)cccn2n1. The first-order valence-corrected chi connectivity index (χ1v) is 6.55. The standard InChI is InChI=1S/C13H18N4O/c1-2-16-7-3-5-10(16)9-12-14-13-11(18)6-4-8-17(13)15-12/h4,6,8,10,18H,2-3,5,7,9H2,1H3. The Hall–Kier alpha value is -1.62. The molecule has 0 aliphatic carbocycles. The molecule has 1 aliphatic rings. The number of likely N-dealkylation sites (N-methyl/N-ethyl adjacent to an activating group) is 1. The molecule has 2 aromatic rings. The first-order valence-electron chi connectivity index (χ1n) is 6.55. The van der Waals surface area contributed by atoms with Crippen molar-refractivity contribution in [3.05, 3.63) is 24.2 Å². The Kier molecular flexibility index (Phi) is 2.91. The van der Waals surface area contributed by atoms with E-state index in [1.165, 1.54) is 19.4 Å². The van der Waals surface area contributed by atoms with Gasteiger partial charge in [-0.1, -0.05) is 6.92 Å². The molecule has 1 atom stereocenters. The van der Waals surface area contributed by atoms with E-state index >= 15 is 0 Å². The lowest BCUT2D eigenvalue weighted by Crippen LogP contribution is -2.31. The molecule has 5 nitrogen and oxygen atoms in total. The van der Waals surface area contributed by atoms with Crippen LogP contribution in [0, 0.1) is 0 Å². The van der Waals surface area contributed by atoms with E-state index in [-0.39, 0.29) is 5.75 Å². The first-order chi connectivity index (χ1) is 8.78. The number of likely N-dealkylation sites (tertiary alicyclic amines) is 1. The highest BCUT2D eigenvalue weighted by Gasteiger charge is 2.24. The number of hydrogen-bond donors (Lipinski definition) is 1. The minimum absolute atomic E-state index is 0.190. The zero-order valence-electron chi connectivity index (χ0n) is 10.6. The largest absolute Gasteiger partial charge is 0.504 e. The summed E-state index contributed by atoms with van der Waals surface area (Å²) in [5, 5.41) is 14.1. The van der Waals surface area contributed by atoms with Gasteiger partial charge in [0.05, 0.1) is 0 Å². The molecular weight excluding hydrogens is 228 g/mol. The highest BCUT2D eigenvalue weighted by Crippen LogP contribution is 2.21. The fraction of sp³-hybridized carbons (Fsp3) is 0.538. The highest BCUT2D eigenvalue weighted by atomic mass is 16.3. The van der Waals surface area contributed by atoms with Crippen molar-refractivity contribution in [2.24, 2.45) is 0 Å². The van der Waals surface area contributed by atoms with E-state index < -0.39 is 0 Å². The first kappa shape index (κ1) is 11.5. The van der Waals surface area contributed by atoms with Crippen LogP contribution in [0.15, 0.2) is 18.3 Å². The van der Waals surface area contributed by atoms with Crippen molar-refractivity contribution in [2.75, 3.05) is 13.1 Å². The molecule has 1 fully saturated rings. The quantitative estimate of drug-likeness (QED) is 0.891. The van der Waals surface area contributed by atoms with Crippen LogP contribution in [0.25, 0.3) is 5.65 Å². The average Bonchev–Trinajstić information content (AvgIpc) is 2.96. The van der Waals surface area contributed by atoms with E-state index in [2.05, 4.69) is 21.9 Å². The van der Waals surface area contributed by atoms with Crippen molar-refractivity contribution >= 4 is 5.65 Å². The normalized spacial score (nSPS) is 20.8. The Labute approximate surface area is 106 Å². The number of pyridine rings is 1. The van der Waals surface area contributed by atoms with E-state index in [0.717, 1.165) is 18.8 Å². The predicted molar refractivity (Wildman–Crippen MR) is 68.6 cm³/mol. The van der Waals surface area contributed by atoms with Crippen LogP contribution in [0.3, 0.4) is 0 Å². The minimum atomic E-state index is 0.190. The third-order valence-electron chi connectivity index (χ3n) is 3.71. The molecule has 1 unspecified atom stereocenters. The molecule has 0 bridgehead atoms. The second-order valence-corrected chi connectivity index (χ2v) is 4.82. The second kappa shape index (κ2) is 4.57. The molecule has 3 rings (SSSR count). The maximum absolute atomic E-state index is 9.71. The lowest BCUT2D eigenvalue weighted by molar-refractivity contribution is 0.263. The molecule has 1 aliphatic heterocycles. The molecule has 0 radical (unpaired) electrons. The number of fused-ring (bicyclic) bond motifs is 1. The number of aromatic hydroxyl groups is 1. The van der Waals surface area contributed by atoms with E-state index in [1.54, 1.807) is 16.6 Å². The molecule has 18 heavy (non-hydrogen) atoms. The van der Waals surface area contributed by atoms with Crippen LogP contribution in [0.2, 0.25) is 0 Å². The fourth-order valence-electron chi connectivity index (χ4n) is 2.78. The van der Waals surface area contributed by atoms with Crippen LogP contribution in [-0.2, 0) is 6.42 Å². The number of rotatable bonds is 3. The summed E-state index contributed by atoms with van der Waals surface area (Å²) in [6.07, 6.45) is 5.17. The smallest absolute Gasteiger partial charge is 0.197 e. The molecule has 0 saturated carbocycles. The van der Waals surface area contributed by atoms with Crippen LogP contribution < -0.4 is 0 Å². The molecule has 1 N–H and O–H groups in total. The third kappa shape index (κ3) is 1.95. The van der Waals surface area contributed by atoms with Gasteiger partial charge in [0.15, 0.2) is 17.2 Å². The van der Waals surface area contributed by atoms with Crippen molar-refractivity contribution < 1.29 is 5.11 Å². The van der Waals surface area contributed by atoms with Gasteiger partial charge in [0.2, 0.25) is 0 Å². The molecule has 96 valence electrons. The molecular formula is C13H18N4O. The van der Waals surface area contributed by atoms with Gasteiger partial charge < -0.3 is 10.0 Å². The van der Waals surface area contributed by atoms with Gasteiger partial charge in [0.1, 0.15) is 0 Å². The van der Waals surface area contributed by atoms with Gasteiger partial charge in [0, 0.05) is 18.7 Å². The van der Waals surface area contributed by atoms with Crippen LogP contribution in [0.5, 0.6) is 5.75 Å². The van der Waals surface area contributed by atoms with E-state index in [9.17, 15) is 5.11 Å². The average molecular weight is 246 g/mol. The summed E-state index contributed by atoms with van der Waals surface area (Å²) in [6.45, 7) is 4.46. The maximum atomic E-state index is 9.71. The molecule has 0 aromatic carbocycles. The van der Waals surface area contributed by atoms with E-state index in [0.29, 0.717) is 11.7 Å². The fourth-order valence-corrected chi connectivity index (χ4v) is 2.78. The number of hydrogen-bond acceptors (Lipinski definition) is 4. The van der Waals surface area contributed by atoms with Crippen molar-refractivity contribution in [2.45, 2.75) is 32.2 Å². The van der Waals surface area contributed by atoms with Gasteiger partial charge in [-0.2, -0.15) is 5.10 Å². The highest BCUT2D eigenvalue weighted by molar-refractivity contribution is 5.51. The van der Waals surface area contributed by atoms with Crippen molar-refractivity contribution in [3.8, 4) is 5.75 Å². The lowest BCUT2D eigenvalue weighted by atomic mass is 10.1. The van der Waals surface area contributed by atoms with Gasteiger partial charge in [0.25, 0.3) is 0 Å². The van der Waals surface area contributed by atoms with Gasteiger partial charge in [-0.25, -0.2) is 9.50 Å². The summed E-state index contributed by atoms with van der Waals surface area (Å²) in [5.41, 5.74) is 0.550. The van der Waals surface area contributed by atoms with Crippen LogP contribution in [0.1, 0.15) is 25.6 Å². The molecule has 3 heterocycles. The molecule has 5 heteroatoms. The molecule has 2 aromatic heterocycles. The van der Waals surface area contributed by atoms with Crippen molar-refractivity contribution in [1.29, 1.82) is 0 Å². The number of aromatic nitrogens is 3. The summed E-state index contributed by atoms with van der Waals surface area (Å²) in [7, 11) is 0. The maximum Gasteiger partial charge on any atom is 0.197 e.